The third kappa shape index (κ3) is 8.43. The Bertz CT molecular complexity index is 3510. The maximum atomic E-state index is 5.44. The van der Waals surface area contributed by atoms with Crippen LogP contribution in [0.2, 0.25) is 0 Å². The van der Waals surface area contributed by atoms with Crippen LogP contribution in [0, 0.1) is 0 Å². The molecule has 2 aliphatic carbocycles. The number of allylic oxidation sites excluding steroid dienone is 8. The molecule has 3 heteroatoms. The van der Waals surface area contributed by atoms with Crippen LogP contribution in [-0.2, 0) is 6.42 Å². The standard InChI is InChI=1S/C54H39N3.C7H12.2C2H6/c1-2-3-4-10-33-17-19-35(20-18-33)47-32-48(38-23-21-34-11-5-6-12-36(34)29-38)56-54(55-47)40-24-22-37-30-39-25-26-43-42(51(39)46(37)31-40)27-28-50-52(43)45-15-9-14-44-41-13-7-8-16-49(41)57(50)53(44)45;1-4-5-6-7(2)3;2*1-2/h2-27,29,31-32,50,54-55H,28,30H2,1H3;4-6H,1-3H3;2*1-2H3/b3-2-,10-4-;5-4-;;. The summed E-state index contributed by atoms with van der Waals surface area (Å²) in [6.07, 6.45) is 20.9. The van der Waals surface area contributed by atoms with Crippen LogP contribution in [0.4, 0.5) is 0 Å². The monoisotopic (exact) mass is 886 g/mol. The molecule has 1 aromatic heterocycles. The van der Waals surface area contributed by atoms with Crippen molar-refractivity contribution >= 4 is 61.7 Å². The summed E-state index contributed by atoms with van der Waals surface area (Å²) in [6, 6.07) is 52.1. The zero-order chi connectivity index (χ0) is 47.3. The van der Waals surface area contributed by atoms with Gasteiger partial charge >= 0.3 is 0 Å². The highest BCUT2D eigenvalue weighted by Crippen LogP contribution is 2.48. The molecular weight excluding hydrogens is 823 g/mol. The predicted molar refractivity (Wildman–Crippen MR) is 296 cm³/mol. The second-order valence-corrected chi connectivity index (χ2v) is 17.6. The van der Waals surface area contributed by atoms with E-state index in [0.29, 0.717) is 6.04 Å². The molecule has 0 spiro atoms. The van der Waals surface area contributed by atoms with Gasteiger partial charge in [-0.15, -0.1) is 0 Å². The van der Waals surface area contributed by atoms with Crippen LogP contribution in [0.1, 0.15) is 113 Å². The smallest absolute Gasteiger partial charge is 0.145 e. The molecule has 2 unspecified atom stereocenters. The van der Waals surface area contributed by atoms with E-state index in [1.54, 1.807) is 0 Å². The van der Waals surface area contributed by atoms with E-state index in [4.69, 9.17) is 4.99 Å². The number of aliphatic imine (C=N–C) groups is 1. The molecule has 12 rings (SSSR count). The van der Waals surface area contributed by atoms with Gasteiger partial charge in [-0.25, -0.2) is 0 Å². The highest BCUT2D eigenvalue weighted by atomic mass is 15.1. The Hall–Kier alpha value is -7.49. The van der Waals surface area contributed by atoms with Gasteiger partial charge in [-0.05, 0) is 131 Å². The lowest BCUT2D eigenvalue weighted by atomic mass is 9.88. The Morgan fingerprint density at radius 1 is 0.662 bits per heavy atom. The van der Waals surface area contributed by atoms with Crippen LogP contribution >= 0.6 is 0 Å². The first-order valence-electron chi connectivity index (χ1n) is 24.7. The molecule has 2 atom stereocenters. The minimum atomic E-state index is -0.246. The number of hydrogen-bond donors (Lipinski definition) is 1. The van der Waals surface area contributed by atoms with Crippen molar-refractivity contribution < 1.29 is 0 Å². The largest absolute Gasteiger partial charge is 0.360 e. The third-order valence-electron chi connectivity index (χ3n) is 13.3. The molecular formula is C65H63N3. The molecule has 8 aromatic rings. The van der Waals surface area contributed by atoms with Crippen molar-refractivity contribution in [3.63, 3.8) is 0 Å². The molecule has 0 radical (unpaired) electrons. The number of hydrogen-bond acceptors (Lipinski definition) is 2. The Morgan fingerprint density at radius 2 is 1.40 bits per heavy atom. The lowest BCUT2D eigenvalue weighted by Gasteiger charge is -2.25. The van der Waals surface area contributed by atoms with Gasteiger partial charge in [-0.1, -0.05) is 203 Å². The molecule has 0 bridgehead atoms. The maximum absolute atomic E-state index is 5.44. The summed E-state index contributed by atoms with van der Waals surface area (Å²) in [5.41, 5.74) is 19.1. The predicted octanol–water partition coefficient (Wildman–Crippen LogP) is 15.8. The zero-order valence-electron chi connectivity index (χ0n) is 40.9. The highest BCUT2D eigenvalue weighted by molar-refractivity contribution is 6.15. The van der Waals surface area contributed by atoms with Crippen LogP contribution in [0.5, 0.6) is 0 Å². The highest BCUT2D eigenvalue weighted by Gasteiger charge is 2.34. The van der Waals surface area contributed by atoms with E-state index in [1.165, 1.54) is 93.1 Å². The van der Waals surface area contributed by atoms with Gasteiger partial charge in [0.25, 0.3) is 0 Å². The van der Waals surface area contributed by atoms with Crippen molar-refractivity contribution in [3.05, 3.63) is 237 Å². The van der Waals surface area contributed by atoms with Crippen molar-refractivity contribution in [3.8, 4) is 11.1 Å². The summed E-state index contributed by atoms with van der Waals surface area (Å²) in [5, 5.41) is 11.8. The van der Waals surface area contributed by atoms with E-state index in [-0.39, 0.29) is 6.17 Å². The molecule has 0 saturated heterocycles. The van der Waals surface area contributed by atoms with Crippen molar-refractivity contribution in [2.24, 2.45) is 4.99 Å². The first-order valence-corrected chi connectivity index (χ1v) is 24.7. The second-order valence-electron chi connectivity index (χ2n) is 17.6. The molecule has 0 fully saturated rings. The molecule has 0 saturated carbocycles. The molecule has 7 aromatic carbocycles. The Balaban J connectivity index is 0.000000480. The normalized spacial score (nSPS) is 16.0. The third-order valence-corrected chi connectivity index (χ3v) is 13.3. The molecule has 2 aliphatic heterocycles. The number of aromatic nitrogens is 1. The summed E-state index contributed by atoms with van der Waals surface area (Å²) in [6.45, 7) is 16.2. The summed E-state index contributed by atoms with van der Waals surface area (Å²) < 4.78 is 2.62. The van der Waals surface area contributed by atoms with Gasteiger partial charge in [0.05, 0.1) is 17.3 Å². The fraction of sp³-hybridized carbons (Fsp3) is 0.185. The molecule has 3 nitrogen and oxygen atoms in total. The van der Waals surface area contributed by atoms with Gasteiger partial charge in [0.1, 0.15) is 6.17 Å². The maximum Gasteiger partial charge on any atom is 0.145 e. The lowest BCUT2D eigenvalue weighted by molar-refractivity contribution is 0.664. The average molecular weight is 886 g/mol. The lowest BCUT2D eigenvalue weighted by Crippen LogP contribution is -2.34. The zero-order valence-corrected chi connectivity index (χ0v) is 40.9. The number of nitrogens with zero attached hydrogens (tertiary/aromatic N) is 2. The summed E-state index contributed by atoms with van der Waals surface area (Å²) in [7, 11) is 0. The van der Waals surface area contributed by atoms with Gasteiger partial charge in [0, 0.05) is 33.1 Å². The van der Waals surface area contributed by atoms with Gasteiger partial charge < -0.3 is 9.88 Å². The molecule has 0 amide bonds. The molecule has 68 heavy (non-hydrogen) atoms. The number of rotatable bonds is 6. The first-order chi connectivity index (χ1) is 33.5. The summed E-state index contributed by atoms with van der Waals surface area (Å²) >= 11 is 0. The summed E-state index contributed by atoms with van der Waals surface area (Å²) in [4.78, 5) is 5.44. The average Bonchev–Trinajstić information content (AvgIpc) is 4.07. The molecule has 4 aliphatic rings. The molecule has 338 valence electrons. The van der Waals surface area contributed by atoms with Gasteiger partial charge in [0.15, 0.2) is 0 Å². The SMILES string of the molecule is C/C=C\C=C(C)C.C/C=C\C=C/c1ccc(C2=CC(c3ccc4ccccc4c3)=NC(c3ccc4c(c3)-c3c(ccc5c3=CCC3C=5c5cccc6c7ccccc7n3c56)C4)N2)cc1.CC.CC. The van der Waals surface area contributed by atoms with E-state index in [0.717, 1.165) is 35.4 Å². The fourth-order valence-corrected chi connectivity index (χ4v) is 10.3. The van der Waals surface area contributed by atoms with Crippen LogP contribution in [0.25, 0.3) is 67.1 Å². The Labute approximate surface area is 403 Å². The molecule has 1 N–H and O–H groups in total. The van der Waals surface area contributed by atoms with Crippen LogP contribution in [0.15, 0.2) is 193 Å². The number of benzene rings is 7. The topological polar surface area (TPSA) is 29.3 Å². The van der Waals surface area contributed by atoms with E-state index in [9.17, 15) is 0 Å². The number of fused-ring (bicyclic) bond motifs is 12. The number of nitrogens with one attached hydrogen (secondary N) is 1. The van der Waals surface area contributed by atoms with Gasteiger partial charge in [-0.2, -0.15) is 0 Å². The van der Waals surface area contributed by atoms with E-state index in [2.05, 4.69) is 200 Å². The summed E-state index contributed by atoms with van der Waals surface area (Å²) in [5.74, 6) is 0. The van der Waals surface area contributed by atoms with Gasteiger partial charge in [-0.3, -0.25) is 4.99 Å². The Kier molecular flexibility index (Phi) is 13.5. The van der Waals surface area contributed by atoms with Crippen LogP contribution in [0.3, 0.4) is 0 Å². The quantitative estimate of drug-likeness (QED) is 0.166. The van der Waals surface area contributed by atoms with Crippen molar-refractivity contribution in [1.29, 1.82) is 0 Å². The minimum Gasteiger partial charge on any atom is -0.360 e. The van der Waals surface area contributed by atoms with Crippen LogP contribution < -0.4 is 15.8 Å². The van der Waals surface area contributed by atoms with Crippen molar-refractivity contribution in [1.82, 2.24) is 9.88 Å². The minimum absolute atomic E-state index is 0.246. The van der Waals surface area contributed by atoms with Crippen molar-refractivity contribution in [2.45, 2.75) is 80.4 Å². The first kappa shape index (κ1) is 45.7. The number of para-hydroxylation sites is 2. The fourth-order valence-electron chi connectivity index (χ4n) is 10.3. The van der Waals surface area contributed by atoms with Crippen LogP contribution in [-0.4, -0.2) is 10.3 Å². The Morgan fingerprint density at radius 3 is 2.18 bits per heavy atom. The second kappa shape index (κ2) is 20.2. The van der Waals surface area contributed by atoms with E-state index >= 15 is 0 Å². The van der Waals surface area contributed by atoms with E-state index in [1.807, 2.05) is 59.8 Å². The van der Waals surface area contributed by atoms with E-state index < -0.39 is 0 Å². The molecule has 3 heterocycles. The van der Waals surface area contributed by atoms with Crippen molar-refractivity contribution in [2.75, 3.05) is 0 Å². The van der Waals surface area contributed by atoms with Gasteiger partial charge in [0.2, 0.25) is 0 Å².